The Morgan fingerprint density at radius 3 is 2.32 bits per heavy atom. The Morgan fingerprint density at radius 2 is 1.84 bits per heavy atom. The van der Waals surface area contributed by atoms with Crippen LogP contribution in [0.5, 0.6) is 0 Å². The third-order valence-electron chi connectivity index (χ3n) is 4.39. The second-order valence-electron chi connectivity index (χ2n) is 8.87. The van der Waals surface area contributed by atoms with Gasteiger partial charge < -0.3 is 15.2 Å². The van der Waals surface area contributed by atoms with E-state index >= 15 is 0 Å². The van der Waals surface area contributed by atoms with E-state index in [1.807, 2.05) is 19.9 Å². The van der Waals surface area contributed by atoms with Crippen LogP contribution in [0.4, 0.5) is 4.79 Å². The number of nitrogens with zero attached hydrogens (tertiary/aromatic N) is 2. The predicted molar refractivity (Wildman–Crippen MR) is 119 cm³/mol. The molecule has 0 radical (unpaired) electrons. The lowest BCUT2D eigenvalue weighted by atomic mass is 10.1. The molecule has 0 bridgehead atoms. The van der Waals surface area contributed by atoms with Crippen LogP contribution in [-0.4, -0.2) is 55.3 Å². The minimum Gasteiger partial charge on any atom is -0.444 e. The highest BCUT2D eigenvalue weighted by atomic mass is 32.2. The highest BCUT2D eigenvalue weighted by Gasteiger charge is 2.31. The summed E-state index contributed by atoms with van der Waals surface area (Å²) in [5, 5.41) is 21.6. The fraction of sp³-hybridized carbons (Fsp3) is 0.636. The monoisotopic (exact) mass is 453 g/mol. The first-order valence-corrected chi connectivity index (χ1v) is 11.9. The third kappa shape index (κ3) is 9.25. The molecular weight excluding hydrogens is 418 g/mol. The van der Waals surface area contributed by atoms with Gasteiger partial charge in [0.1, 0.15) is 5.60 Å². The average Bonchev–Trinajstić information content (AvgIpc) is 2.67. The number of amides is 1. The number of nitriles is 1. The number of unbranched alkanes of at least 4 members (excludes halogenated alkanes) is 1. The lowest BCUT2D eigenvalue weighted by molar-refractivity contribution is 0.0526. The van der Waals surface area contributed by atoms with Crippen molar-refractivity contribution in [1.82, 2.24) is 9.62 Å². The third-order valence-corrected chi connectivity index (χ3v) is 6.32. The first-order chi connectivity index (χ1) is 14.4. The molecule has 0 aromatic heterocycles. The maximum absolute atomic E-state index is 13.2. The van der Waals surface area contributed by atoms with E-state index in [4.69, 9.17) is 10.00 Å². The van der Waals surface area contributed by atoms with Gasteiger partial charge in [0.2, 0.25) is 10.0 Å². The lowest BCUT2D eigenvalue weighted by Crippen LogP contribution is -2.44. The summed E-state index contributed by atoms with van der Waals surface area (Å²) in [6.07, 6.45) is 1.21. The van der Waals surface area contributed by atoms with Crippen molar-refractivity contribution >= 4 is 16.1 Å². The molecule has 1 unspecified atom stereocenters. The molecule has 0 spiro atoms. The highest BCUT2D eigenvalue weighted by molar-refractivity contribution is 7.89. The molecule has 1 aromatic carbocycles. The predicted octanol–water partition coefficient (Wildman–Crippen LogP) is 3.26. The Labute approximate surface area is 186 Å². The van der Waals surface area contributed by atoms with E-state index in [0.29, 0.717) is 31.4 Å². The van der Waals surface area contributed by atoms with E-state index in [-0.39, 0.29) is 24.0 Å². The summed E-state index contributed by atoms with van der Waals surface area (Å²) in [4.78, 5) is 11.8. The largest absolute Gasteiger partial charge is 0.444 e. The molecule has 0 saturated carbocycles. The van der Waals surface area contributed by atoms with Gasteiger partial charge in [0.15, 0.2) is 0 Å². The van der Waals surface area contributed by atoms with Gasteiger partial charge in [-0.2, -0.15) is 9.57 Å². The zero-order chi connectivity index (χ0) is 23.7. The van der Waals surface area contributed by atoms with Gasteiger partial charge in [-0.1, -0.05) is 20.3 Å². The van der Waals surface area contributed by atoms with Crippen LogP contribution in [0.3, 0.4) is 0 Å². The van der Waals surface area contributed by atoms with Crippen LogP contribution in [0.1, 0.15) is 59.4 Å². The van der Waals surface area contributed by atoms with Crippen molar-refractivity contribution in [2.45, 2.75) is 70.4 Å². The van der Waals surface area contributed by atoms with Gasteiger partial charge in [-0.3, -0.25) is 0 Å². The van der Waals surface area contributed by atoms with Gasteiger partial charge in [-0.15, -0.1) is 0 Å². The number of sulfonamides is 1. The Bertz CT molecular complexity index is 839. The van der Waals surface area contributed by atoms with Crippen LogP contribution < -0.4 is 5.32 Å². The number of benzene rings is 1. The van der Waals surface area contributed by atoms with Crippen molar-refractivity contribution in [1.29, 1.82) is 5.26 Å². The average molecular weight is 454 g/mol. The molecule has 1 aromatic rings. The fourth-order valence-electron chi connectivity index (χ4n) is 2.98. The lowest BCUT2D eigenvalue weighted by Gasteiger charge is -2.31. The van der Waals surface area contributed by atoms with Crippen LogP contribution in [0.15, 0.2) is 29.2 Å². The van der Waals surface area contributed by atoms with Gasteiger partial charge in [0, 0.05) is 19.1 Å². The van der Waals surface area contributed by atoms with Gasteiger partial charge >= 0.3 is 6.09 Å². The summed E-state index contributed by atoms with van der Waals surface area (Å²) in [6.45, 7) is 9.56. The number of nitrogens with one attached hydrogen (secondary N) is 1. The summed E-state index contributed by atoms with van der Waals surface area (Å²) >= 11 is 0. The zero-order valence-corrected chi connectivity index (χ0v) is 19.9. The Balaban J connectivity index is 2.79. The van der Waals surface area contributed by atoms with E-state index in [1.165, 1.54) is 28.6 Å². The van der Waals surface area contributed by atoms with Crippen molar-refractivity contribution in [3.05, 3.63) is 29.8 Å². The minimum absolute atomic E-state index is 0.0658. The standard InChI is InChI=1S/C22H35N3O5S/c1-17(2)15-25(31(28,29)20-11-9-18(14-23)10-12-20)19(16-26)8-6-7-13-24-21(27)30-22(3,4)5/h9-12,17,19,26H,6-8,13,15-16H2,1-5H3,(H,24,27). The SMILES string of the molecule is CC(C)CN(C(CO)CCCCNC(=O)OC(C)(C)C)S(=O)(=O)c1ccc(C#N)cc1. The van der Waals surface area contributed by atoms with Crippen molar-refractivity contribution < 1.29 is 23.1 Å². The van der Waals surface area contributed by atoms with Gasteiger partial charge in [-0.25, -0.2) is 13.2 Å². The number of aliphatic hydroxyl groups is 1. The topological polar surface area (TPSA) is 120 Å². The molecule has 0 fully saturated rings. The van der Waals surface area contributed by atoms with E-state index in [1.54, 1.807) is 20.8 Å². The normalized spacial score (nSPS) is 13.1. The maximum atomic E-state index is 13.2. The summed E-state index contributed by atoms with van der Waals surface area (Å²) in [5.41, 5.74) is -0.186. The number of rotatable bonds is 11. The molecule has 0 aliphatic heterocycles. The molecule has 9 heteroatoms. The van der Waals surface area contributed by atoms with Crippen LogP contribution in [0.25, 0.3) is 0 Å². The van der Waals surface area contributed by atoms with Crippen LogP contribution in [-0.2, 0) is 14.8 Å². The number of hydrogen-bond donors (Lipinski definition) is 2. The summed E-state index contributed by atoms with van der Waals surface area (Å²) in [6, 6.07) is 7.17. The van der Waals surface area contributed by atoms with Crippen LogP contribution in [0, 0.1) is 17.2 Å². The number of alkyl carbamates (subject to hydrolysis) is 1. The summed E-state index contributed by atoms with van der Waals surface area (Å²) < 4.78 is 33.0. The molecule has 2 N–H and O–H groups in total. The Kier molecular flexibility index (Phi) is 10.4. The van der Waals surface area contributed by atoms with E-state index in [0.717, 1.165) is 0 Å². The molecule has 31 heavy (non-hydrogen) atoms. The highest BCUT2D eigenvalue weighted by Crippen LogP contribution is 2.23. The molecule has 1 atom stereocenters. The number of hydrogen-bond acceptors (Lipinski definition) is 6. The van der Waals surface area contributed by atoms with Crippen LogP contribution in [0.2, 0.25) is 0 Å². The van der Waals surface area contributed by atoms with Crippen LogP contribution >= 0.6 is 0 Å². The second kappa shape index (κ2) is 12.0. The Hall–Kier alpha value is -2.15. The molecule has 0 aliphatic carbocycles. The molecule has 174 valence electrons. The number of carbonyl (C=O) groups is 1. The smallest absolute Gasteiger partial charge is 0.407 e. The number of aliphatic hydroxyl groups excluding tert-OH is 1. The molecule has 0 heterocycles. The molecule has 1 amide bonds. The molecule has 0 aliphatic rings. The second-order valence-corrected chi connectivity index (χ2v) is 10.8. The first-order valence-electron chi connectivity index (χ1n) is 10.5. The fourth-order valence-corrected chi connectivity index (χ4v) is 4.79. The maximum Gasteiger partial charge on any atom is 0.407 e. The van der Waals surface area contributed by atoms with Crippen molar-refractivity contribution in [2.24, 2.45) is 5.92 Å². The van der Waals surface area contributed by atoms with E-state index < -0.39 is 27.8 Å². The van der Waals surface area contributed by atoms with Gasteiger partial charge in [0.25, 0.3) is 0 Å². The molecule has 1 rings (SSSR count). The summed E-state index contributed by atoms with van der Waals surface area (Å²) in [7, 11) is -3.83. The van der Waals surface area contributed by atoms with Gasteiger partial charge in [0.05, 0.1) is 23.1 Å². The molecule has 8 nitrogen and oxygen atoms in total. The van der Waals surface area contributed by atoms with Crippen molar-refractivity contribution in [3.63, 3.8) is 0 Å². The minimum atomic E-state index is -3.83. The Morgan fingerprint density at radius 1 is 1.23 bits per heavy atom. The van der Waals surface area contributed by atoms with Crippen molar-refractivity contribution in [3.8, 4) is 6.07 Å². The summed E-state index contributed by atoms with van der Waals surface area (Å²) in [5.74, 6) is 0.0658. The molecule has 0 saturated heterocycles. The van der Waals surface area contributed by atoms with Gasteiger partial charge in [-0.05, 0) is 63.8 Å². The number of carbonyl (C=O) groups excluding carboxylic acids is 1. The van der Waals surface area contributed by atoms with E-state index in [9.17, 15) is 18.3 Å². The van der Waals surface area contributed by atoms with Crippen molar-refractivity contribution in [2.75, 3.05) is 19.7 Å². The molecular formula is C22H35N3O5S. The first kappa shape index (κ1) is 26.9. The zero-order valence-electron chi connectivity index (χ0n) is 19.1. The van der Waals surface area contributed by atoms with E-state index in [2.05, 4.69) is 5.32 Å². The number of ether oxygens (including phenoxy) is 1. The quantitative estimate of drug-likeness (QED) is 0.496.